The van der Waals surface area contributed by atoms with E-state index in [4.69, 9.17) is 4.42 Å². The Morgan fingerprint density at radius 2 is 1.67 bits per heavy atom. The van der Waals surface area contributed by atoms with Crippen molar-refractivity contribution in [2.24, 2.45) is 0 Å². The van der Waals surface area contributed by atoms with Crippen molar-refractivity contribution in [2.45, 2.75) is 39.1 Å². The molecular weight excluding hydrogens is 286 g/mol. The van der Waals surface area contributed by atoms with Gasteiger partial charge < -0.3 is 4.42 Å². The molecule has 0 aliphatic heterocycles. The van der Waals surface area contributed by atoms with Crippen molar-refractivity contribution < 1.29 is 12.8 Å². The number of furan rings is 1. The Kier molecular flexibility index (Phi) is 4.25. The first-order valence-electron chi connectivity index (χ1n) is 6.81. The van der Waals surface area contributed by atoms with Crippen LogP contribution in [0.15, 0.2) is 33.8 Å². The van der Waals surface area contributed by atoms with Crippen molar-refractivity contribution >= 4 is 10.0 Å². The molecule has 1 aromatic carbocycles. The fraction of sp³-hybridized carbons (Fsp3) is 0.375. The smallest absolute Gasteiger partial charge is 0.243 e. The maximum Gasteiger partial charge on any atom is 0.243 e. The van der Waals surface area contributed by atoms with Crippen LogP contribution in [0.3, 0.4) is 0 Å². The molecule has 0 saturated heterocycles. The Hall–Kier alpha value is -1.59. The van der Waals surface area contributed by atoms with E-state index in [0.29, 0.717) is 10.7 Å². The summed E-state index contributed by atoms with van der Waals surface area (Å²) >= 11 is 0. The lowest BCUT2D eigenvalue weighted by atomic mass is 10.0. The molecule has 21 heavy (non-hydrogen) atoms. The molecule has 0 spiro atoms. The minimum atomic E-state index is -3.55. The van der Waals surface area contributed by atoms with Crippen LogP contribution in [0.4, 0.5) is 0 Å². The van der Waals surface area contributed by atoms with Crippen LogP contribution < -0.4 is 0 Å². The van der Waals surface area contributed by atoms with Crippen molar-refractivity contribution in [1.29, 1.82) is 0 Å². The zero-order valence-corrected chi connectivity index (χ0v) is 13.9. The maximum atomic E-state index is 12.9. The van der Waals surface area contributed by atoms with Gasteiger partial charge in [0, 0.05) is 7.05 Å². The molecule has 2 rings (SSSR count). The average Bonchev–Trinajstić information content (AvgIpc) is 2.89. The second kappa shape index (κ2) is 5.66. The molecular formula is C16H21NO3S. The van der Waals surface area contributed by atoms with Crippen molar-refractivity contribution in [1.82, 2.24) is 4.31 Å². The molecule has 1 heterocycles. The third-order valence-electron chi connectivity index (χ3n) is 3.92. The van der Waals surface area contributed by atoms with Crippen LogP contribution in [0.5, 0.6) is 0 Å². The van der Waals surface area contributed by atoms with Gasteiger partial charge in [-0.25, -0.2) is 8.42 Å². The largest absolute Gasteiger partial charge is 0.468 e. The standard InChI is InChI=1S/C16H21NO3S/c1-11-9-12(2)14(4)16(13(11)3)21(18,19)17(5)10-15-7-6-8-20-15/h6-9H,10H2,1-5H3. The fourth-order valence-corrected chi connectivity index (χ4v) is 4.14. The first-order valence-corrected chi connectivity index (χ1v) is 8.25. The SMILES string of the molecule is Cc1cc(C)c(C)c(S(=O)(=O)N(C)Cc2ccco2)c1C. The fourth-order valence-electron chi connectivity index (χ4n) is 2.43. The molecule has 5 heteroatoms. The van der Waals surface area contributed by atoms with Crippen LogP contribution in [-0.2, 0) is 16.6 Å². The van der Waals surface area contributed by atoms with E-state index < -0.39 is 10.0 Å². The monoisotopic (exact) mass is 307 g/mol. The van der Waals surface area contributed by atoms with Gasteiger partial charge in [0.15, 0.2) is 0 Å². The summed E-state index contributed by atoms with van der Waals surface area (Å²) in [7, 11) is -1.97. The molecule has 114 valence electrons. The molecule has 4 nitrogen and oxygen atoms in total. The summed E-state index contributed by atoms with van der Waals surface area (Å²) in [6.45, 7) is 7.81. The quantitative estimate of drug-likeness (QED) is 0.870. The molecule has 2 aromatic rings. The number of aryl methyl sites for hydroxylation is 2. The number of rotatable bonds is 4. The van der Waals surface area contributed by atoms with E-state index in [1.807, 2.05) is 33.8 Å². The van der Waals surface area contributed by atoms with Gasteiger partial charge in [0.1, 0.15) is 5.76 Å². The zero-order chi connectivity index (χ0) is 15.8. The lowest BCUT2D eigenvalue weighted by molar-refractivity contribution is 0.406. The van der Waals surface area contributed by atoms with Crippen molar-refractivity contribution in [3.05, 3.63) is 52.5 Å². The summed E-state index contributed by atoms with van der Waals surface area (Å²) in [4.78, 5) is 0.411. The van der Waals surface area contributed by atoms with E-state index in [2.05, 4.69) is 0 Å². The second-order valence-electron chi connectivity index (χ2n) is 5.43. The van der Waals surface area contributed by atoms with E-state index in [1.165, 1.54) is 4.31 Å². The van der Waals surface area contributed by atoms with Crippen LogP contribution in [0.25, 0.3) is 0 Å². The van der Waals surface area contributed by atoms with E-state index in [0.717, 1.165) is 22.3 Å². The Balaban J connectivity index is 2.49. The number of hydrogen-bond donors (Lipinski definition) is 0. The predicted molar refractivity (Wildman–Crippen MR) is 82.8 cm³/mol. The summed E-state index contributed by atoms with van der Waals surface area (Å²) < 4.78 is 32.3. The Bertz CT molecular complexity index is 720. The number of benzene rings is 1. The van der Waals surface area contributed by atoms with Crippen LogP contribution in [0, 0.1) is 27.7 Å². The molecule has 0 aliphatic carbocycles. The van der Waals surface area contributed by atoms with Gasteiger partial charge in [-0.15, -0.1) is 0 Å². The van der Waals surface area contributed by atoms with Gasteiger partial charge >= 0.3 is 0 Å². The second-order valence-corrected chi connectivity index (χ2v) is 7.41. The Morgan fingerprint density at radius 3 is 2.14 bits per heavy atom. The van der Waals surface area contributed by atoms with E-state index in [1.54, 1.807) is 25.4 Å². The molecule has 0 radical (unpaired) electrons. The molecule has 0 amide bonds. The van der Waals surface area contributed by atoms with Gasteiger partial charge in [0.2, 0.25) is 10.0 Å². The molecule has 0 unspecified atom stereocenters. The van der Waals surface area contributed by atoms with Crippen molar-refractivity contribution in [3.8, 4) is 0 Å². The van der Waals surface area contributed by atoms with Gasteiger partial charge in [-0.1, -0.05) is 6.07 Å². The molecule has 0 atom stereocenters. The number of nitrogens with zero attached hydrogens (tertiary/aromatic N) is 1. The van der Waals surface area contributed by atoms with Crippen molar-refractivity contribution in [2.75, 3.05) is 7.05 Å². The summed E-state index contributed by atoms with van der Waals surface area (Å²) in [5.74, 6) is 0.626. The van der Waals surface area contributed by atoms with Gasteiger partial charge in [0.25, 0.3) is 0 Å². The van der Waals surface area contributed by atoms with E-state index in [-0.39, 0.29) is 6.54 Å². The van der Waals surface area contributed by atoms with Crippen LogP contribution in [-0.4, -0.2) is 19.8 Å². The van der Waals surface area contributed by atoms with Gasteiger partial charge in [-0.3, -0.25) is 0 Å². The van der Waals surface area contributed by atoms with E-state index >= 15 is 0 Å². The summed E-state index contributed by atoms with van der Waals surface area (Å²) in [6, 6.07) is 5.55. The van der Waals surface area contributed by atoms with Gasteiger partial charge in [-0.05, 0) is 62.1 Å². The third kappa shape index (κ3) is 2.89. The minimum absolute atomic E-state index is 0.223. The highest BCUT2D eigenvalue weighted by molar-refractivity contribution is 7.89. The topological polar surface area (TPSA) is 50.5 Å². The highest BCUT2D eigenvalue weighted by Gasteiger charge is 2.27. The maximum absolute atomic E-state index is 12.9. The summed E-state index contributed by atoms with van der Waals surface area (Å²) in [5, 5.41) is 0. The summed E-state index contributed by atoms with van der Waals surface area (Å²) in [5.41, 5.74) is 3.60. The first kappa shape index (κ1) is 15.8. The molecule has 0 saturated carbocycles. The normalized spacial score (nSPS) is 12.1. The molecule has 0 bridgehead atoms. The summed E-state index contributed by atoms with van der Waals surface area (Å²) in [6.07, 6.45) is 1.54. The molecule has 0 N–H and O–H groups in total. The van der Waals surface area contributed by atoms with E-state index in [9.17, 15) is 8.42 Å². The minimum Gasteiger partial charge on any atom is -0.468 e. The molecule has 1 aromatic heterocycles. The Labute approximate surface area is 126 Å². The lowest BCUT2D eigenvalue weighted by Gasteiger charge is -2.21. The van der Waals surface area contributed by atoms with Crippen molar-refractivity contribution in [3.63, 3.8) is 0 Å². The first-order chi connectivity index (χ1) is 9.75. The molecule has 0 aliphatic rings. The van der Waals surface area contributed by atoms with Gasteiger partial charge in [-0.2, -0.15) is 4.31 Å². The highest BCUT2D eigenvalue weighted by atomic mass is 32.2. The predicted octanol–water partition coefficient (Wildman–Crippen LogP) is 3.33. The molecule has 0 fully saturated rings. The zero-order valence-electron chi connectivity index (χ0n) is 13.1. The van der Waals surface area contributed by atoms with Gasteiger partial charge in [0.05, 0.1) is 17.7 Å². The lowest BCUT2D eigenvalue weighted by Crippen LogP contribution is -2.28. The van der Waals surface area contributed by atoms with Crippen LogP contribution >= 0.6 is 0 Å². The average molecular weight is 307 g/mol. The van der Waals surface area contributed by atoms with Crippen LogP contribution in [0.2, 0.25) is 0 Å². The third-order valence-corrected chi connectivity index (χ3v) is 6.00. The number of sulfonamides is 1. The van der Waals surface area contributed by atoms with Crippen LogP contribution in [0.1, 0.15) is 28.0 Å². The Morgan fingerprint density at radius 1 is 1.10 bits per heavy atom. The highest BCUT2D eigenvalue weighted by Crippen LogP contribution is 2.28. The number of hydrogen-bond acceptors (Lipinski definition) is 3.